The highest BCUT2D eigenvalue weighted by molar-refractivity contribution is 8.00. The van der Waals surface area contributed by atoms with Gasteiger partial charge >= 0.3 is 0 Å². The number of carbonyl (C=O) groups is 1. The van der Waals surface area contributed by atoms with Crippen molar-refractivity contribution in [3.63, 3.8) is 0 Å². The van der Waals surface area contributed by atoms with Crippen LogP contribution in [0, 0.1) is 40.4 Å². The molecule has 4 nitrogen and oxygen atoms in total. The maximum Gasteiger partial charge on any atom is 0.139 e. The van der Waals surface area contributed by atoms with Gasteiger partial charge in [-0.1, -0.05) is 13.8 Å². The zero-order chi connectivity index (χ0) is 20.4. The van der Waals surface area contributed by atoms with Crippen molar-refractivity contribution in [2.24, 2.45) is 40.4 Å². The van der Waals surface area contributed by atoms with Crippen molar-refractivity contribution in [1.29, 1.82) is 0 Å². The van der Waals surface area contributed by atoms with Gasteiger partial charge in [0.2, 0.25) is 0 Å². The Labute approximate surface area is 180 Å². The van der Waals surface area contributed by atoms with Crippen LogP contribution in [0.4, 0.5) is 0 Å². The average molecular weight is 422 g/mol. The molecule has 0 aromatic rings. The fourth-order valence-corrected chi connectivity index (χ4v) is 10.1. The van der Waals surface area contributed by atoms with Crippen LogP contribution in [-0.4, -0.2) is 52.3 Å². The average Bonchev–Trinajstić information content (AvgIpc) is 3.31. The van der Waals surface area contributed by atoms with E-state index in [1.807, 2.05) is 0 Å². The van der Waals surface area contributed by atoms with Crippen LogP contribution >= 0.6 is 11.8 Å². The highest BCUT2D eigenvalue weighted by atomic mass is 32.2. The molecule has 1 saturated heterocycles. The summed E-state index contributed by atoms with van der Waals surface area (Å²) in [6.45, 7) is 7.01. The first-order valence-corrected chi connectivity index (χ1v) is 13.0. The highest BCUT2D eigenvalue weighted by Crippen LogP contribution is 2.67. The Balaban J connectivity index is 1.41. The van der Waals surface area contributed by atoms with Crippen molar-refractivity contribution in [1.82, 2.24) is 5.32 Å². The van der Waals surface area contributed by atoms with Crippen molar-refractivity contribution in [2.75, 3.05) is 19.7 Å². The molecule has 1 heterocycles. The third kappa shape index (κ3) is 3.08. The normalized spacial score (nSPS) is 54.7. The highest BCUT2D eigenvalue weighted by Gasteiger charge is 2.64. The van der Waals surface area contributed by atoms with Gasteiger partial charge in [0.15, 0.2) is 0 Å². The first-order valence-electron chi connectivity index (χ1n) is 12.1. The van der Waals surface area contributed by atoms with E-state index >= 15 is 0 Å². The Kier molecular flexibility index (Phi) is 5.37. The molecule has 0 amide bonds. The summed E-state index contributed by atoms with van der Waals surface area (Å²) in [6.07, 6.45) is 8.17. The maximum absolute atomic E-state index is 12.7. The van der Waals surface area contributed by atoms with Gasteiger partial charge in [0.05, 0.1) is 6.10 Å². The number of aliphatic hydroxyl groups is 2. The van der Waals surface area contributed by atoms with Crippen LogP contribution in [0.2, 0.25) is 0 Å². The second-order valence-electron chi connectivity index (χ2n) is 11.3. The van der Waals surface area contributed by atoms with Crippen molar-refractivity contribution in [2.45, 2.75) is 81.8 Å². The van der Waals surface area contributed by atoms with Crippen LogP contribution in [0.15, 0.2) is 0 Å². The van der Waals surface area contributed by atoms with Gasteiger partial charge in [-0.3, -0.25) is 4.79 Å². The van der Waals surface area contributed by atoms with Gasteiger partial charge in [-0.05, 0) is 80.6 Å². The molecule has 4 aliphatic carbocycles. The van der Waals surface area contributed by atoms with Gasteiger partial charge in [-0.2, -0.15) is 11.8 Å². The summed E-state index contributed by atoms with van der Waals surface area (Å²) >= 11 is 2.17. The Morgan fingerprint density at radius 2 is 1.90 bits per heavy atom. The van der Waals surface area contributed by atoms with Crippen molar-refractivity contribution >= 4 is 17.5 Å². The molecule has 5 unspecified atom stereocenters. The summed E-state index contributed by atoms with van der Waals surface area (Å²) < 4.78 is 0. The van der Waals surface area contributed by atoms with Crippen LogP contribution < -0.4 is 5.32 Å². The monoisotopic (exact) mass is 421 g/mol. The zero-order valence-corrected chi connectivity index (χ0v) is 18.9. The predicted octanol–water partition coefficient (Wildman–Crippen LogP) is 3.25. The number of hydrogen-bond donors (Lipinski definition) is 3. The van der Waals surface area contributed by atoms with E-state index < -0.39 is 6.10 Å². The molecule has 5 aliphatic rings. The van der Waals surface area contributed by atoms with Crippen molar-refractivity contribution in [3.05, 3.63) is 0 Å². The van der Waals surface area contributed by atoms with E-state index in [1.165, 1.54) is 19.3 Å². The van der Waals surface area contributed by atoms with Gasteiger partial charge < -0.3 is 15.5 Å². The largest absolute Gasteiger partial charge is 0.396 e. The Morgan fingerprint density at radius 3 is 2.62 bits per heavy atom. The molecule has 0 radical (unpaired) electrons. The summed E-state index contributed by atoms with van der Waals surface area (Å²) in [6, 6.07) is 0. The van der Waals surface area contributed by atoms with Crippen LogP contribution in [0.5, 0.6) is 0 Å². The third-order valence-corrected chi connectivity index (χ3v) is 11.8. The topological polar surface area (TPSA) is 69.6 Å². The standard InChI is InChI=1S/C24H39NO3S/c1-23-8-5-14(29-15-7-10-25-12-15)11-19(23)16(13-26)22(28)21-17-3-4-20(27)24(17,2)9-6-18(21)23/h14-19,21-22,25-26,28H,3-13H2,1-2H3/t14?,15?,16?,17-,18+,19?,21-,22?,23+,24-/m0/s1. The number of hydrogen-bond acceptors (Lipinski definition) is 5. The lowest BCUT2D eigenvalue weighted by atomic mass is 9.42. The minimum Gasteiger partial charge on any atom is -0.396 e. The molecule has 10 atom stereocenters. The van der Waals surface area contributed by atoms with Gasteiger partial charge in [-0.15, -0.1) is 0 Å². The van der Waals surface area contributed by atoms with E-state index in [4.69, 9.17) is 0 Å². The Hall–Kier alpha value is -0.100. The lowest BCUT2D eigenvalue weighted by Crippen LogP contribution is -2.62. The van der Waals surface area contributed by atoms with E-state index in [2.05, 4.69) is 30.9 Å². The molecule has 0 spiro atoms. The summed E-state index contributed by atoms with van der Waals surface area (Å²) in [5.41, 5.74) is -0.0247. The van der Waals surface area contributed by atoms with Crippen molar-refractivity contribution < 1.29 is 15.0 Å². The molecule has 0 aromatic carbocycles. The molecular weight excluding hydrogens is 382 g/mol. The Morgan fingerprint density at radius 1 is 1.07 bits per heavy atom. The van der Waals surface area contributed by atoms with Crippen LogP contribution in [0.3, 0.4) is 0 Å². The predicted molar refractivity (Wildman–Crippen MR) is 117 cm³/mol. The number of ketones is 1. The molecular formula is C24H39NO3S. The molecule has 5 heteroatoms. The van der Waals surface area contributed by atoms with Gasteiger partial charge in [0, 0.05) is 41.4 Å². The number of nitrogens with one attached hydrogen (secondary N) is 1. The van der Waals surface area contributed by atoms with Gasteiger partial charge in [-0.25, -0.2) is 0 Å². The first-order chi connectivity index (χ1) is 13.9. The molecule has 164 valence electrons. The summed E-state index contributed by atoms with van der Waals surface area (Å²) in [7, 11) is 0. The molecule has 5 rings (SSSR count). The van der Waals surface area contributed by atoms with Crippen LogP contribution in [-0.2, 0) is 4.79 Å². The number of aliphatic hydroxyl groups excluding tert-OH is 2. The quantitative estimate of drug-likeness (QED) is 0.653. The molecule has 5 fully saturated rings. The second-order valence-corrected chi connectivity index (χ2v) is 12.9. The van der Waals surface area contributed by atoms with Gasteiger partial charge in [0.25, 0.3) is 0 Å². The third-order valence-electron chi connectivity index (χ3n) is 10.2. The van der Waals surface area contributed by atoms with Crippen LogP contribution in [0.1, 0.15) is 65.2 Å². The molecule has 4 saturated carbocycles. The minimum atomic E-state index is -0.449. The van der Waals surface area contributed by atoms with E-state index in [9.17, 15) is 15.0 Å². The van der Waals surface area contributed by atoms with Crippen LogP contribution in [0.25, 0.3) is 0 Å². The smallest absolute Gasteiger partial charge is 0.139 e. The molecule has 29 heavy (non-hydrogen) atoms. The minimum absolute atomic E-state index is 0.0237. The SMILES string of the molecule is C[C@]12CCC(SC3CCNC3)CC1C(CO)C(O)[C@@H]1[C@H]2CC[C@]2(C)C(=O)CC[C@@H]12. The van der Waals surface area contributed by atoms with E-state index in [-0.39, 0.29) is 29.3 Å². The number of carbonyl (C=O) groups excluding carboxylic acids is 1. The molecule has 0 aromatic heterocycles. The van der Waals surface area contributed by atoms with E-state index in [1.54, 1.807) is 0 Å². The summed E-state index contributed by atoms with van der Waals surface area (Å²) in [5, 5.41) is 26.8. The number of thioether (sulfide) groups is 1. The lowest BCUT2D eigenvalue weighted by molar-refractivity contribution is -0.195. The summed E-state index contributed by atoms with van der Waals surface area (Å²) in [5.74, 6) is 1.82. The van der Waals surface area contributed by atoms with Crippen molar-refractivity contribution in [3.8, 4) is 0 Å². The summed E-state index contributed by atoms with van der Waals surface area (Å²) in [4.78, 5) is 12.7. The fourth-order valence-electron chi connectivity index (χ4n) is 8.56. The van der Waals surface area contributed by atoms with Gasteiger partial charge in [0.1, 0.15) is 5.78 Å². The Bertz CT molecular complexity index is 652. The molecule has 0 bridgehead atoms. The number of Topliss-reactive ketones (excluding diaryl/α,β-unsaturated/α-hetero) is 1. The fraction of sp³-hybridized carbons (Fsp3) is 0.958. The maximum atomic E-state index is 12.7. The first kappa shape index (κ1) is 20.8. The number of rotatable bonds is 3. The zero-order valence-electron chi connectivity index (χ0n) is 18.1. The molecule has 1 aliphatic heterocycles. The van der Waals surface area contributed by atoms with E-state index in [0.717, 1.165) is 44.0 Å². The lowest BCUT2D eigenvalue weighted by Gasteiger charge is -2.64. The second kappa shape index (κ2) is 7.50. The van der Waals surface area contributed by atoms with E-state index in [0.29, 0.717) is 35.2 Å². The molecule has 3 N–H and O–H groups in total. The number of fused-ring (bicyclic) bond motifs is 5.